The first-order chi connectivity index (χ1) is 20.7. The van der Waals surface area contributed by atoms with Gasteiger partial charge in [0.15, 0.2) is 29.7 Å². The molecular formula is C22H30N6O14P2. The number of aromatic nitrogens is 4. The maximum atomic E-state index is 12.4. The highest BCUT2D eigenvalue weighted by Gasteiger charge is 2.48. The highest BCUT2D eigenvalue weighted by Crippen LogP contribution is 2.60. The lowest BCUT2D eigenvalue weighted by atomic mass is 10.1. The fraction of sp³-hybridized carbons (Fsp3) is 0.545. The zero-order chi connectivity index (χ0) is 32.0. The molecule has 2 aromatic rings. The van der Waals surface area contributed by atoms with E-state index in [2.05, 4.69) is 19.3 Å². The molecule has 0 spiro atoms. The molecule has 2 saturated heterocycles. The van der Waals surface area contributed by atoms with Crippen LogP contribution in [0.3, 0.4) is 0 Å². The number of imidazole rings is 1. The van der Waals surface area contributed by atoms with Gasteiger partial charge in [-0.15, -0.1) is 0 Å². The van der Waals surface area contributed by atoms with E-state index in [1.54, 1.807) is 6.08 Å². The van der Waals surface area contributed by atoms with Crippen LogP contribution < -0.4 is 5.73 Å². The number of carbonyl (C=O) groups is 1. The highest BCUT2D eigenvalue weighted by molar-refractivity contribution is 7.61. The van der Waals surface area contributed by atoms with Gasteiger partial charge in [0.2, 0.25) is 0 Å². The molecule has 44 heavy (non-hydrogen) atoms. The number of nitrogens with zero attached hydrogens (tertiary/aromatic N) is 5. The Morgan fingerprint density at radius 2 is 1.57 bits per heavy atom. The maximum absolute atomic E-state index is 12.4. The number of hydrogen-bond acceptors (Lipinski definition) is 17. The molecule has 2 fully saturated rings. The van der Waals surface area contributed by atoms with E-state index >= 15 is 0 Å². The molecule has 242 valence electrons. The number of ether oxygens (including phenoxy) is 2. The van der Waals surface area contributed by atoms with Gasteiger partial charge in [0, 0.05) is 18.0 Å². The summed E-state index contributed by atoms with van der Waals surface area (Å²) in [5.74, 6) is -0.154. The van der Waals surface area contributed by atoms with Gasteiger partial charge in [0.25, 0.3) is 0 Å². The minimum Gasteiger partial charge on any atom is -0.387 e. The van der Waals surface area contributed by atoms with Gasteiger partial charge >= 0.3 is 15.6 Å². The van der Waals surface area contributed by atoms with Crippen LogP contribution in [0.5, 0.6) is 0 Å². The molecule has 22 heteroatoms. The molecule has 0 aromatic carbocycles. The number of phosphoric ester groups is 2. The van der Waals surface area contributed by atoms with E-state index in [1.165, 1.54) is 35.1 Å². The Morgan fingerprint density at radius 1 is 0.977 bits per heavy atom. The predicted molar refractivity (Wildman–Crippen MR) is 143 cm³/mol. The summed E-state index contributed by atoms with van der Waals surface area (Å²) in [7, 11) is -10.7. The molecule has 2 unspecified atom stereocenters. The van der Waals surface area contributed by atoms with Gasteiger partial charge < -0.3 is 50.3 Å². The predicted octanol–water partition coefficient (Wildman–Crippen LogP) is -1.58. The van der Waals surface area contributed by atoms with Crippen molar-refractivity contribution in [3.8, 4) is 0 Å². The van der Waals surface area contributed by atoms with Gasteiger partial charge in [-0.3, -0.25) is 18.4 Å². The lowest BCUT2D eigenvalue weighted by Gasteiger charge is -2.28. The third-order valence-electron chi connectivity index (χ3n) is 7.01. The summed E-state index contributed by atoms with van der Waals surface area (Å²) in [6.45, 7) is -0.389. The normalized spacial score (nSPS) is 33.3. The number of phosphoric acid groups is 2. The minimum absolute atomic E-state index is 0.0558. The molecule has 20 nitrogen and oxygen atoms in total. The average molecular weight is 664 g/mol. The largest absolute Gasteiger partial charge is 0.481 e. The molecular weight excluding hydrogens is 634 g/mol. The second kappa shape index (κ2) is 12.6. The highest BCUT2D eigenvalue weighted by atomic mass is 31.3. The topological polar surface area (TPSA) is 292 Å². The quantitative estimate of drug-likeness (QED) is 0.133. The van der Waals surface area contributed by atoms with Crippen molar-refractivity contribution in [3.63, 3.8) is 0 Å². The molecule has 5 rings (SSSR count). The first-order valence-electron chi connectivity index (χ1n) is 13.0. The fourth-order valence-electron chi connectivity index (χ4n) is 4.75. The van der Waals surface area contributed by atoms with Crippen molar-refractivity contribution in [1.82, 2.24) is 24.4 Å². The number of nitrogen functional groups attached to an aromatic ring is 1. The third kappa shape index (κ3) is 6.77. The van der Waals surface area contributed by atoms with E-state index in [9.17, 15) is 44.1 Å². The van der Waals surface area contributed by atoms with Crippen LogP contribution in [0.4, 0.5) is 5.82 Å². The van der Waals surface area contributed by atoms with Crippen molar-refractivity contribution >= 4 is 38.4 Å². The molecule has 0 aliphatic carbocycles. The molecule has 3 aliphatic heterocycles. The van der Waals surface area contributed by atoms with Crippen LogP contribution in [0.15, 0.2) is 36.7 Å². The lowest BCUT2D eigenvalue weighted by Crippen LogP contribution is -2.40. The number of carbonyl (C=O) groups excluding carboxylic acids is 1. The summed E-state index contributed by atoms with van der Waals surface area (Å²) < 4.78 is 50.9. The smallest absolute Gasteiger partial charge is 0.387 e. The molecule has 10 atom stereocenters. The Kier molecular flexibility index (Phi) is 9.37. The molecule has 0 saturated carbocycles. The van der Waals surface area contributed by atoms with Crippen LogP contribution in [-0.4, -0.2) is 116 Å². The van der Waals surface area contributed by atoms with Crippen LogP contribution in [0, 0.1) is 0 Å². The number of allylic oxidation sites excluding steroid dienone is 2. The van der Waals surface area contributed by atoms with Crippen molar-refractivity contribution in [2.24, 2.45) is 0 Å². The molecule has 5 heterocycles. The number of Topliss-reactive ketones (excluding diaryl/α,β-unsaturated/α-hetero) is 1. The molecule has 0 bridgehead atoms. The van der Waals surface area contributed by atoms with Crippen molar-refractivity contribution < 1.29 is 67.0 Å². The van der Waals surface area contributed by atoms with Crippen LogP contribution in [0.1, 0.15) is 19.6 Å². The van der Waals surface area contributed by atoms with Crippen molar-refractivity contribution in [3.05, 3.63) is 36.7 Å². The number of aliphatic hydroxyl groups excluding tert-OH is 4. The molecule has 2 aromatic heterocycles. The Labute approximate surface area is 248 Å². The summed E-state index contributed by atoms with van der Waals surface area (Å²) in [5, 5.41) is 41.7. The number of anilines is 1. The zero-order valence-corrected chi connectivity index (χ0v) is 24.6. The fourth-order valence-corrected chi connectivity index (χ4v) is 6.84. The Morgan fingerprint density at radius 3 is 2.18 bits per heavy atom. The maximum Gasteiger partial charge on any atom is 0.481 e. The van der Waals surface area contributed by atoms with Gasteiger partial charge in [0.1, 0.15) is 48.5 Å². The molecule has 0 radical (unpaired) electrons. The number of ketones is 1. The summed E-state index contributed by atoms with van der Waals surface area (Å²) in [4.78, 5) is 45.0. The van der Waals surface area contributed by atoms with E-state index in [4.69, 9.17) is 24.3 Å². The Balaban J connectivity index is 1.15. The Hall–Kier alpha value is -2.68. The van der Waals surface area contributed by atoms with Crippen molar-refractivity contribution in [2.45, 2.75) is 62.4 Å². The third-order valence-corrected chi connectivity index (χ3v) is 9.61. The SMILES string of the molecule is CC(=O)C1=CN([C@@H]2O[C@H](COP(=O)(O)OP(=O)(O)OC[C@H]3O[C@@H](n4cnc5c(N)ncnc54)[C@H](O)[C@@H]3O)[C@@H](O)[C@H]2O)C=CC1. The van der Waals surface area contributed by atoms with Gasteiger partial charge in [0.05, 0.1) is 19.5 Å². The second-order valence-corrected chi connectivity index (χ2v) is 13.1. The number of hydrogen-bond donors (Lipinski definition) is 7. The van der Waals surface area contributed by atoms with E-state index in [-0.39, 0.29) is 22.8 Å². The minimum atomic E-state index is -5.35. The molecule has 0 amide bonds. The van der Waals surface area contributed by atoms with Gasteiger partial charge in [-0.05, 0) is 13.3 Å². The Bertz CT molecular complexity index is 1550. The summed E-state index contributed by atoms with van der Waals surface area (Å²) >= 11 is 0. The number of rotatable bonds is 11. The summed E-state index contributed by atoms with van der Waals surface area (Å²) in [6.07, 6.45) is -4.30. The number of aliphatic hydroxyl groups is 4. The summed E-state index contributed by atoms with van der Waals surface area (Å²) in [6, 6.07) is 0. The first kappa shape index (κ1) is 32.7. The van der Waals surface area contributed by atoms with Crippen LogP contribution in [-0.2, 0) is 36.8 Å². The second-order valence-electron chi connectivity index (χ2n) is 10.0. The molecule has 8 N–H and O–H groups in total. The van der Waals surface area contributed by atoms with Crippen LogP contribution in [0.25, 0.3) is 11.2 Å². The van der Waals surface area contributed by atoms with E-state index < -0.39 is 77.9 Å². The van der Waals surface area contributed by atoms with Gasteiger partial charge in [-0.25, -0.2) is 24.1 Å². The van der Waals surface area contributed by atoms with E-state index in [1.807, 2.05) is 0 Å². The van der Waals surface area contributed by atoms with Crippen molar-refractivity contribution in [2.75, 3.05) is 18.9 Å². The average Bonchev–Trinajstić information content (AvgIpc) is 3.61. The van der Waals surface area contributed by atoms with E-state index in [0.29, 0.717) is 12.0 Å². The van der Waals surface area contributed by atoms with E-state index in [0.717, 1.165) is 6.33 Å². The molecule has 3 aliphatic rings. The van der Waals surface area contributed by atoms with Crippen LogP contribution in [0.2, 0.25) is 0 Å². The first-order valence-corrected chi connectivity index (χ1v) is 15.9. The zero-order valence-electron chi connectivity index (χ0n) is 22.8. The number of nitrogens with two attached hydrogens (primary N) is 1. The van der Waals surface area contributed by atoms with Crippen molar-refractivity contribution in [1.29, 1.82) is 0 Å². The van der Waals surface area contributed by atoms with Crippen LogP contribution >= 0.6 is 15.6 Å². The number of fused-ring (bicyclic) bond motifs is 1. The lowest BCUT2D eigenvalue weighted by molar-refractivity contribution is -0.114. The van der Waals surface area contributed by atoms with Gasteiger partial charge in [-0.1, -0.05) is 6.08 Å². The van der Waals surface area contributed by atoms with Gasteiger partial charge in [-0.2, -0.15) is 4.31 Å². The standard InChI is InChI=1S/C22H30N6O14P2/c1-10(29)11-3-2-4-27(5-11)21-17(32)15(30)12(40-21)6-38-43(34,35)42-44(36,37)39-7-13-16(31)18(33)22(41-13)28-9-26-14-19(23)24-8-25-20(14)28/h2,4-5,8-9,12-13,15-18,21-22,30-33H,3,6-7H2,1H3,(H,34,35)(H,36,37)(H2,23,24,25)/t12-,13-,15-,16-,17-,18-,21-,22-/m1/s1. The monoisotopic (exact) mass is 664 g/mol. The summed E-state index contributed by atoms with van der Waals surface area (Å²) in [5.41, 5.74) is 6.54.